The summed E-state index contributed by atoms with van der Waals surface area (Å²) in [6.45, 7) is 1.82. The summed E-state index contributed by atoms with van der Waals surface area (Å²) in [6.07, 6.45) is 1.77. The molecule has 2 rings (SSSR count). The average Bonchev–Trinajstić information content (AvgIpc) is 2.53. The molecule has 13 heavy (non-hydrogen) atoms. The average molecular weight is 192 g/mol. The Labute approximate surface area is 79.5 Å². The highest BCUT2D eigenvalue weighted by molar-refractivity contribution is 7.13. The molecule has 2 aromatic rings. The highest BCUT2D eigenvalue weighted by Crippen LogP contribution is 2.21. The minimum atomic E-state index is 0.496. The van der Waals surface area contributed by atoms with E-state index in [0.717, 1.165) is 10.6 Å². The SMILES string of the molecule is Cc1nc(N)cc(-c2cncs2)n1. The standard InChI is InChI=1S/C8H8N4S/c1-5-11-6(2-8(9)12-5)7-3-10-4-13-7/h2-4H,1H3,(H2,9,11,12). The van der Waals surface area contributed by atoms with Gasteiger partial charge >= 0.3 is 0 Å². The highest BCUT2D eigenvalue weighted by Gasteiger charge is 2.03. The lowest BCUT2D eigenvalue weighted by Gasteiger charge is -1.99. The predicted octanol–water partition coefficient (Wildman–Crippen LogP) is 1.49. The molecule has 0 aliphatic carbocycles. The number of nitrogens with two attached hydrogens (primary N) is 1. The maximum Gasteiger partial charge on any atom is 0.128 e. The number of nitrogen functional groups attached to an aromatic ring is 1. The summed E-state index contributed by atoms with van der Waals surface area (Å²) >= 11 is 1.54. The van der Waals surface area contributed by atoms with Crippen LogP contribution in [-0.2, 0) is 0 Å². The third kappa shape index (κ3) is 1.65. The molecule has 2 N–H and O–H groups in total. The van der Waals surface area contributed by atoms with Crippen LogP contribution in [0.15, 0.2) is 17.8 Å². The Hall–Kier alpha value is -1.49. The van der Waals surface area contributed by atoms with E-state index in [0.29, 0.717) is 11.6 Å². The minimum Gasteiger partial charge on any atom is -0.384 e. The number of hydrogen-bond donors (Lipinski definition) is 1. The molecule has 0 aromatic carbocycles. The molecule has 4 nitrogen and oxygen atoms in total. The van der Waals surface area contributed by atoms with Crippen LogP contribution in [0.5, 0.6) is 0 Å². The molecule has 5 heteroatoms. The summed E-state index contributed by atoms with van der Waals surface area (Å²) in [7, 11) is 0. The molecular weight excluding hydrogens is 184 g/mol. The first-order valence-corrected chi connectivity index (χ1v) is 4.64. The van der Waals surface area contributed by atoms with Crippen molar-refractivity contribution in [2.45, 2.75) is 6.92 Å². The number of anilines is 1. The van der Waals surface area contributed by atoms with Crippen LogP contribution in [0.3, 0.4) is 0 Å². The van der Waals surface area contributed by atoms with Gasteiger partial charge in [-0.1, -0.05) is 0 Å². The van der Waals surface area contributed by atoms with Gasteiger partial charge in [0.25, 0.3) is 0 Å². The maximum atomic E-state index is 5.60. The van der Waals surface area contributed by atoms with Gasteiger partial charge in [0.05, 0.1) is 16.1 Å². The molecule has 0 unspecified atom stereocenters. The van der Waals surface area contributed by atoms with Crippen LogP contribution in [0.4, 0.5) is 5.82 Å². The summed E-state index contributed by atoms with van der Waals surface area (Å²) in [5, 5.41) is 0. The third-order valence-corrected chi connectivity index (χ3v) is 2.34. The van der Waals surface area contributed by atoms with Crippen molar-refractivity contribution in [2.75, 3.05) is 5.73 Å². The van der Waals surface area contributed by atoms with Gasteiger partial charge in [-0.05, 0) is 6.92 Å². The van der Waals surface area contributed by atoms with Gasteiger partial charge in [0.1, 0.15) is 11.6 Å². The zero-order valence-electron chi connectivity index (χ0n) is 7.06. The first kappa shape index (κ1) is 8.12. The second-order valence-electron chi connectivity index (χ2n) is 2.59. The zero-order chi connectivity index (χ0) is 9.26. The van der Waals surface area contributed by atoms with Crippen molar-refractivity contribution in [2.24, 2.45) is 0 Å². The first-order chi connectivity index (χ1) is 6.25. The minimum absolute atomic E-state index is 0.496. The molecule has 0 saturated carbocycles. The molecule has 0 amide bonds. The topological polar surface area (TPSA) is 64.7 Å². The summed E-state index contributed by atoms with van der Waals surface area (Å²) in [4.78, 5) is 13.2. The number of hydrogen-bond acceptors (Lipinski definition) is 5. The molecular formula is C8H8N4S. The Morgan fingerprint density at radius 3 is 2.85 bits per heavy atom. The second kappa shape index (κ2) is 3.10. The highest BCUT2D eigenvalue weighted by atomic mass is 32.1. The van der Waals surface area contributed by atoms with Gasteiger partial charge in [-0.15, -0.1) is 11.3 Å². The van der Waals surface area contributed by atoms with Gasteiger partial charge in [0.15, 0.2) is 0 Å². The van der Waals surface area contributed by atoms with Gasteiger partial charge in [-0.25, -0.2) is 9.97 Å². The summed E-state index contributed by atoms with van der Waals surface area (Å²) in [6, 6.07) is 1.75. The molecule has 0 aliphatic heterocycles. The zero-order valence-corrected chi connectivity index (χ0v) is 7.88. The number of rotatable bonds is 1. The Bertz CT molecular complexity index is 390. The fourth-order valence-electron chi connectivity index (χ4n) is 1.06. The quantitative estimate of drug-likeness (QED) is 0.743. The lowest BCUT2D eigenvalue weighted by Crippen LogP contribution is -1.96. The molecule has 0 fully saturated rings. The molecule has 0 saturated heterocycles. The molecule has 0 spiro atoms. The molecule has 0 aliphatic rings. The van der Waals surface area contributed by atoms with Crippen LogP contribution in [0.1, 0.15) is 5.82 Å². The Balaban J connectivity index is 2.53. The summed E-state index contributed by atoms with van der Waals surface area (Å²) < 4.78 is 0. The van der Waals surface area contributed by atoms with E-state index >= 15 is 0 Å². The van der Waals surface area contributed by atoms with E-state index in [4.69, 9.17) is 5.73 Å². The van der Waals surface area contributed by atoms with Crippen molar-refractivity contribution in [3.8, 4) is 10.6 Å². The van der Waals surface area contributed by atoms with Crippen LogP contribution in [0.2, 0.25) is 0 Å². The normalized spacial score (nSPS) is 10.2. The lowest BCUT2D eigenvalue weighted by atomic mass is 10.3. The largest absolute Gasteiger partial charge is 0.384 e. The number of nitrogens with zero attached hydrogens (tertiary/aromatic N) is 3. The van der Waals surface area contributed by atoms with Crippen molar-refractivity contribution in [3.63, 3.8) is 0 Å². The monoisotopic (exact) mass is 192 g/mol. The Kier molecular flexibility index (Phi) is 1.94. The second-order valence-corrected chi connectivity index (χ2v) is 3.48. The first-order valence-electron chi connectivity index (χ1n) is 3.76. The van der Waals surface area contributed by atoms with Crippen LogP contribution in [0.25, 0.3) is 10.6 Å². The Morgan fingerprint density at radius 2 is 2.23 bits per heavy atom. The fraction of sp³-hybridized carbons (Fsp3) is 0.125. The van der Waals surface area contributed by atoms with Crippen LogP contribution < -0.4 is 5.73 Å². The fourth-order valence-corrected chi connectivity index (χ4v) is 1.64. The van der Waals surface area contributed by atoms with Gasteiger partial charge in [0.2, 0.25) is 0 Å². The molecule has 0 bridgehead atoms. The van der Waals surface area contributed by atoms with Crippen molar-refractivity contribution >= 4 is 17.2 Å². The van der Waals surface area contributed by atoms with Crippen LogP contribution in [0, 0.1) is 6.92 Å². The van der Waals surface area contributed by atoms with Crippen molar-refractivity contribution in [1.82, 2.24) is 15.0 Å². The van der Waals surface area contributed by atoms with Gasteiger partial charge in [-0.2, -0.15) is 0 Å². The van der Waals surface area contributed by atoms with E-state index in [1.807, 2.05) is 6.92 Å². The van der Waals surface area contributed by atoms with Gasteiger partial charge in [0, 0.05) is 12.3 Å². The van der Waals surface area contributed by atoms with Crippen molar-refractivity contribution in [1.29, 1.82) is 0 Å². The molecule has 2 heterocycles. The molecule has 0 atom stereocenters. The molecule has 0 radical (unpaired) electrons. The molecule has 2 aromatic heterocycles. The predicted molar refractivity (Wildman–Crippen MR) is 52.3 cm³/mol. The van der Waals surface area contributed by atoms with E-state index < -0.39 is 0 Å². The smallest absolute Gasteiger partial charge is 0.128 e. The van der Waals surface area contributed by atoms with Crippen molar-refractivity contribution < 1.29 is 0 Å². The summed E-state index contributed by atoms with van der Waals surface area (Å²) in [5.74, 6) is 1.18. The number of aromatic nitrogens is 3. The van der Waals surface area contributed by atoms with Crippen LogP contribution in [-0.4, -0.2) is 15.0 Å². The van der Waals surface area contributed by atoms with Crippen LogP contribution >= 0.6 is 11.3 Å². The lowest BCUT2D eigenvalue weighted by molar-refractivity contribution is 1.07. The van der Waals surface area contributed by atoms with E-state index in [-0.39, 0.29) is 0 Å². The Morgan fingerprint density at radius 1 is 1.38 bits per heavy atom. The van der Waals surface area contributed by atoms with Gasteiger partial charge in [-0.3, -0.25) is 4.98 Å². The van der Waals surface area contributed by atoms with E-state index in [1.54, 1.807) is 17.8 Å². The molecule has 66 valence electrons. The summed E-state index contributed by atoms with van der Waals surface area (Å²) in [5.41, 5.74) is 8.21. The van der Waals surface area contributed by atoms with Gasteiger partial charge < -0.3 is 5.73 Å². The number of aryl methyl sites for hydroxylation is 1. The number of thiazole rings is 1. The van der Waals surface area contributed by atoms with Crippen molar-refractivity contribution in [3.05, 3.63) is 23.6 Å². The van der Waals surface area contributed by atoms with E-state index in [2.05, 4.69) is 15.0 Å². The maximum absolute atomic E-state index is 5.60. The van der Waals surface area contributed by atoms with E-state index in [9.17, 15) is 0 Å². The van der Waals surface area contributed by atoms with E-state index in [1.165, 1.54) is 11.3 Å². The third-order valence-electron chi connectivity index (χ3n) is 1.54.